The Balaban J connectivity index is 2.17. The van der Waals surface area contributed by atoms with Gasteiger partial charge in [0.05, 0.1) is 6.42 Å². The van der Waals surface area contributed by atoms with E-state index in [9.17, 15) is 13.2 Å². The Morgan fingerprint density at radius 1 is 1.31 bits per heavy atom. The van der Waals surface area contributed by atoms with E-state index in [-0.39, 0.29) is 0 Å². The standard InChI is InChI=1S/C11H21F3N2/c1-9(7-11(12,13)14)16-8-10-5-3-2-4-6-15-10/h9-10,15-16H,2-8H2,1H3. The molecule has 2 N–H and O–H groups in total. The van der Waals surface area contributed by atoms with E-state index >= 15 is 0 Å². The summed E-state index contributed by atoms with van der Waals surface area (Å²) in [6, 6.07) is -0.164. The molecule has 0 aliphatic carbocycles. The molecule has 5 heteroatoms. The van der Waals surface area contributed by atoms with E-state index in [0.717, 1.165) is 13.0 Å². The lowest BCUT2D eigenvalue weighted by molar-refractivity contribution is -0.139. The molecule has 2 unspecified atom stereocenters. The van der Waals surface area contributed by atoms with E-state index in [2.05, 4.69) is 10.6 Å². The minimum absolute atomic E-state index is 0.332. The van der Waals surface area contributed by atoms with Gasteiger partial charge in [-0.05, 0) is 26.3 Å². The van der Waals surface area contributed by atoms with Crippen LogP contribution in [0.2, 0.25) is 0 Å². The highest BCUT2D eigenvalue weighted by molar-refractivity contribution is 4.75. The third-order valence-corrected chi connectivity index (χ3v) is 2.91. The lowest BCUT2D eigenvalue weighted by Crippen LogP contribution is -2.42. The quantitative estimate of drug-likeness (QED) is 0.786. The van der Waals surface area contributed by atoms with Gasteiger partial charge in [0.25, 0.3) is 0 Å². The lowest BCUT2D eigenvalue weighted by Gasteiger charge is -2.21. The van der Waals surface area contributed by atoms with Crippen LogP contribution in [0.4, 0.5) is 13.2 Å². The lowest BCUT2D eigenvalue weighted by atomic mass is 10.1. The fourth-order valence-electron chi connectivity index (χ4n) is 2.04. The Kier molecular flexibility index (Phi) is 5.55. The third-order valence-electron chi connectivity index (χ3n) is 2.91. The number of halogens is 3. The van der Waals surface area contributed by atoms with E-state index in [1.807, 2.05) is 0 Å². The first kappa shape index (κ1) is 13.8. The van der Waals surface area contributed by atoms with E-state index in [1.165, 1.54) is 19.3 Å². The number of hydrogen-bond donors (Lipinski definition) is 2. The molecule has 1 fully saturated rings. The minimum atomic E-state index is -4.07. The first-order valence-electron chi connectivity index (χ1n) is 6.01. The second kappa shape index (κ2) is 6.45. The summed E-state index contributed by atoms with van der Waals surface area (Å²) in [6.07, 6.45) is -0.183. The van der Waals surface area contributed by atoms with Crippen molar-refractivity contribution < 1.29 is 13.2 Å². The Morgan fingerprint density at radius 2 is 2.06 bits per heavy atom. The van der Waals surface area contributed by atoms with Gasteiger partial charge < -0.3 is 10.6 Å². The maximum atomic E-state index is 12.1. The van der Waals surface area contributed by atoms with Gasteiger partial charge in [-0.2, -0.15) is 13.2 Å². The minimum Gasteiger partial charge on any atom is -0.313 e. The molecule has 0 spiro atoms. The molecule has 1 aliphatic rings. The summed E-state index contributed by atoms with van der Waals surface area (Å²) in [5.41, 5.74) is 0. The maximum absolute atomic E-state index is 12.1. The molecule has 0 radical (unpaired) electrons. The molecule has 0 bridgehead atoms. The van der Waals surface area contributed by atoms with Crippen LogP contribution in [0, 0.1) is 0 Å². The van der Waals surface area contributed by atoms with Gasteiger partial charge in [-0.1, -0.05) is 12.8 Å². The Bertz CT molecular complexity index is 186. The molecule has 1 rings (SSSR count). The van der Waals surface area contributed by atoms with Gasteiger partial charge in [-0.3, -0.25) is 0 Å². The molecule has 1 aliphatic heterocycles. The molecular weight excluding hydrogens is 217 g/mol. The summed E-state index contributed by atoms with van der Waals surface area (Å²) in [6.45, 7) is 3.21. The van der Waals surface area contributed by atoms with Gasteiger partial charge in [0, 0.05) is 18.6 Å². The van der Waals surface area contributed by atoms with Crippen molar-refractivity contribution in [2.45, 2.75) is 57.3 Å². The molecule has 0 saturated carbocycles. The number of rotatable bonds is 4. The molecule has 0 aromatic heterocycles. The van der Waals surface area contributed by atoms with Crippen LogP contribution in [-0.4, -0.2) is 31.3 Å². The summed E-state index contributed by atoms with van der Waals surface area (Å²) in [5, 5.41) is 6.31. The van der Waals surface area contributed by atoms with Crippen molar-refractivity contribution in [2.24, 2.45) is 0 Å². The monoisotopic (exact) mass is 238 g/mol. The average molecular weight is 238 g/mol. The van der Waals surface area contributed by atoms with Crippen LogP contribution in [0.25, 0.3) is 0 Å². The van der Waals surface area contributed by atoms with E-state index in [0.29, 0.717) is 12.6 Å². The highest BCUT2D eigenvalue weighted by atomic mass is 19.4. The summed E-state index contributed by atoms with van der Waals surface area (Å²) in [4.78, 5) is 0. The summed E-state index contributed by atoms with van der Waals surface area (Å²) >= 11 is 0. The first-order valence-corrected chi connectivity index (χ1v) is 6.01. The van der Waals surface area contributed by atoms with Crippen LogP contribution >= 0.6 is 0 Å². The largest absolute Gasteiger partial charge is 0.390 e. The molecule has 2 atom stereocenters. The number of alkyl halides is 3. The fraction of sp³-hybridized carbons (Fsp3) is 1.00. The zero-order valence-electron chi connectivity index (χ0n) is 9.74. The molecule has 16 heavy (non-hydrogen) atoms. The summed E-state index contributed by atoms with van der Waals surface area (Å²) in [7, 11) is 0. The number of nitrogens with one attached hydrogen (secondary N) is 2. The zero-order valence-corrected chi connectivity index (χ0v) is 9.74. The van der Waals surface area contributed by atoms with Crippen LogP contribution in [0.15, 0.2) is 0 Å². The van der Waals surface area contributed by atoms with Gasteiger partial charge in [-0.15, -0.1) is 0 Å². The molecule has 2 nitrogen and oxygen atoms in total. The van der Waals surface area contributed by atoms with E-state index < -0.39 is 18.6 Å². The molecule has 0 aromatic rings. The van der Waals surface area contributed by atoms with Gasteiger partial charge >= 0.3 is 6.18 Å². The normalized spacial score (nSPS) is 25.1. The molecular formula is C11H21F3N2. The van der Waals surface area contributed by atoms with Crippen LogP contribution < -0.4 is 10.6 Å². The van der Waals surface area contributed by atoms with Gasteiger partial charge in [0.1, 0.15) is 0 Å². The van der Waals surface area contributed by atoms with Crippen LogP contribution in [0.3, 0.4) is 0 Å². The number of hydrogen-bond acceptors (Lipinski definition) is 2. The topological polar surface area (TPSA) is 24.1 Å². The first-order chi connectivity index (χ1) is 7.47. The smallest absolute Gasteiger partial charge is 0.313 e. The fourth-order valence-corrected chi connectivity index (χ4v) is 2.04. The third kappa shape index (κ3) is 6.33. The van der Waals surface area contributed by atoms with Crippen molar-refractivity contribution in [3.63, 3.8) is 0 Å². The van der Waals surface area contributed by atoms with Crippen LogP contribution in [0.1, 0.15) is 39.0 Å². The Morgan fingerprint density at radius 3 is 2.75 bits per heavy atom. The highest BCUT2D eigenvalue weighted by Gasteiger charge is 2.29. The predicted molar refractivity (Wildman–Crippen MR) is 58.4 cm³/mol. The second-order valence-corrected chi connectivity index (χ2v) is 4.63. The highest BCUT2D eigenvalue weighted by Crippen LogP contribution is 2.21. The van der Waals surface area contributed by atoms with Crippen molar-refractivity contribution in [3.8, 4) is 0 Å². The second-order valence-electron chi connectivity index (χ2n) is 4.63. The molecule has 1 saturated heterocycles. The van der Waals surface area contributed by atoms with Crippen LogP contribution in [-0.2, 0) is 0 Å². The van der Waals surface area contributed by atoms with Crippen molar-refractivity contribution in [2.75, 3.05) is 13.1 Å². The Labute approximate surface area is 95.0 Å². The van der Waals surface area contributed by atoms with Crippen molar-refractivity contribution >= 4 is 0 Å². The van der Waals surface area contributed by atoms with Crippen molar-refractivity contribution in [1.82, 2.24) is 10.6 Å². The molecule has 96 valence electrons. The summed E-state index contributed by atoms with van der Waals surface area (Å²) < 4.78 is 36.2. The Hall–Kier alpha value is -0.290. The van der Waals surface area contributed by atoms with Crippen molar-refractivity contribution in [1.29, 1.82) is 0 Å². The molecule has 0 amide bonds. The maximum Gasteiger partial charge on any atom is 0.390 e. The van der Waals surface area contributed by atoms with Gasteiger partial charge in [-0.25, -0.2) is 0 Å². The SMILES string of the molecule is CC(CC(F)(F)F)NCC1CCCCCN1. The zero-order chi connectivity index (χ0) is 12.0. The molecule has 1 heterocycles. The predicted octanol–water partition coefficient (Wildman–Crippen LogP) is 2.45. The van der Waals surface area contributed by atoms with Crippen LogP contribution in [0.5, 0.6) is 0 Å². The van der Waals surface area contributed by atoms with E-state index in [4.69, 9.17) is 0 Å². The van der Waals surface area contributed by atoms with E-state index in [1.54, 1.807) is 6.92 Å². The van der Waals surface area contributed by atoms with Crippen molar-refractivity contribution in [3.05, 3.63) is 0 Å². The van der Waals surface area contributed by atoms with Gasteiger partial charge in [0.2, 0.25) is 0 Å². The summed E-state index contributed by atoms with van der Waals surface area (Å²) in [5.74, 6) is 0. The average Bonchev–Trinajstić information content (AvgIpc) is 2.39. The molecule has 0 aromatic carbocycles. The van der Waals surface area contributed by atoms with Gasteiger partial charge in [0.15, 0.2) is 0 Å².